The Morgan fingerprint density at radius 2 is 1.70 bits per heavy atom. The number of benzene rings is 3. The second kappa shape index (κ2) is 9.68. The van der Waals surface area contributed by atoms with Crippen molar-refractivity contribution in [2.45, 2.75) is 16.7 Å². The molecule has 0 atom stereocenters. The SMILES string of the molecule is Cc1ccc(S(=O)(=O)N/N=C\c2cc(Br)ccc2OS(=O)(=O)c2cccc([N+](=O)[O-])c2)cc1. The molecule has 0 radical (unpaired) electrons. The van der Waals surface area contributed by atoms with Crippen LogP contribution in [0, 0.1) is 17.0 Å². The van der Waals surface area contributed by atoms with Gasteiger partial charge in [0, 0.05) is 22.2 Å². The van der Waals surface area contributed by atoms with E-state index in [1.807, 2.05) is 6.92 Å². The molecule has 0 saturated carbocycles. The van der Waals surface area contributed by atoms with Gasteiger partial charge in [0.1, 0.15) is 4.90 Å². The van der Waals surface area contributed by atoms with Crippen LogP contribution in [0.2, 0.25) is 0 Å². The Hall–Kier alpha value is -3.29. The topological polar surface area (TPSA) is 145 Å². The molecule has 0 unspecified atom stereocenters. The normalized spacial score (nSPS) is 11.9. The van der Waals surface area contributed by atoms with Crippen LogP contribution >= 0.6 is 15.9 Å². The smallest absolute Gasteiger partial charge is 0.339 e. The number of nitrogens with one attached hydrogen (secondary N) is 1. The monoisotopic (exact) mass is 553 g/mol. The number of hydrogen-bond acceptors (Lipinski definition) is 8. The average molecular weight is 554 g/mol. The van der Waals surface area contributed by atoms with Gasteiger partial charge in [0.15, 0.2) is 5.75 Å². The van der Waals surface area contributed by atoms with Crippen LogP contribution in [0.1, 0.15) is 11.1 Å². The third-order valence-electron chi connectivity index (χ3n) is 4.20. The van der Waals surface area contributed by atoms with E-state index in [0.717, 1.165) is 30.0 Å². The van der Waals surface area contributed by atoms with E-state index in [4.69, 9.17) is 4.18 Å². The molecule has 172 valence electrons. The van der Waals surface area contributed by atoms with Gasteiger partial charge in [-0.2, -0.15) is 21.9 Å². The lowest BCUT2D eigenvalue weighted by Crippen LogP contribution is -2.18. The summed E-state index contributed by atoms with van der Waals surface area (Å²) >= 11 is 3.24. The van der Waals surface area contributed by atoms with Gasteiger partial charge < -0.3 is 4.18 Å². The Labute approximate surface area is 198 Å². The second-order valence-electron chi connectivity index (χ2n) is 6.64. The van der Waals surface area contributed by atoms with Gasteiger partial charge in [-0.15, -0.1) is 0 Å². The molecular weight excluding hydrogens is 538 g/mol. The van der Waals surface area contributed by atoms with Crippen molar-refractivity contribution in [2.75, 3.05) is 0 Å². The molecule has 0 aliphatic rings. The quantitative estimate of drug-likeness (QED) is 0.193. The third-order valence-corrected chi connectivity index (χ3v) is 7.16. The molecule has 0 heterocycles. The zero-order valence-electron chi connectivity index (χ0n) is 16.9. The summed E-state index contributed by atoms with van der Waals surface area (Å²) in [6.45, 7) is 1.82. The molecule has 3 aromatic rings. The summed E-state index contributed by atoms with van der Waals surface area (Å²) in [5.41, 5.74) is 0.603. The maximum absolute atomic E-state index is 12.6. The summed E-state index contributed by atoms with van der Waals surface area (Å²) in [7, 11) is -8.37. The minimum absolute atomic E-state index is 0.00390. The van der Waals surface area contributed by atoms with Crippen LogP contribution in [0.15, 0.2) is 86.1 Å². The van der Waals surface area contributed by atoms with Crippen molar-refractivity contribution in [1.82, 2.24) is 4.83 Å². The van der Waals surface area contributed by atoms with Crippen molar-refractivity contribution in [3.63, 3.8) is 0 Å². The van der Waals surface area contributed by atoms with Crippen molar-refractivity contribution >= 4 is 48.0 Å². The fourth-order valence-corrected chi connectivity index (χ4v) is 4.72. The minimum atomic E-state index is -4.43. The number of non-ortho nitro benzene ring substituents is 1. The molecule has 33 heavy (non-hydrogen) atoms. The van der Waals surface area contributed by atoms with Gasteiger partial charge in [-0.3, -0.25) is 10.1 Å². The van der Waals surface area contributed by atoms with Gasteiger partial charge in [-0.1, -0.05) is 39.7 Å². The number of sulfonamides is 1. The summed E-state index contributed by atoms with van der Waals surface area (Å²) in [4.78, 5) is 11.9. The van der Waals surface area contributed by atoms with E-state index in [9.17, 15) is 26.9 Å². The number of nitrogens with zero attached hydrogens (tertiary/aromatic N) is 2. The zero-order valence-corrected chi connectivity index (χ0v) is 20.1. The van der Waals surface area contributed by atoms with Gasteiger partial charge in [-0.05, 0) is 43.3 Å². The molecule has 0 aromatic heterocycles. The van der Waals surface area contributed by atoms with Gasteiger partial charge in [-0.25, -0.2) is 4.83 Å². The molecule has 3 aromatic carbocycles. The fourth-order valence-electron chi connectivity index (χ4n) is 2.55. The standard InChI is InChI=1S/C20H16BrN3O7S2/c1-14-5-8-18(9-6-14)32(27,28)23-22-13-15-11-16(21)7-10-20(15)31-33(29,30)19-4-2-3-17(12-19)24(25)26/h2-13,23H,1H3/b22-13-. The summed E-state index contributed by atoms with van der Waals surface area (Å²) in [5.74, 6) is -0.164. The highest BCUT2D eigenvalue weighted by molar-refractivity contribution is 9.10. The molecule has 13 heteroatoms. The van der Waals surface area contributed by atoms with Gasteiger partial charge in [0.2, 0.25) is 0 Å². The maximum Gasteiger partial charge on any atom is 0.339 e. The lowest BCUT2D eigenvalue weighted by Gasteiger charge is -2.10. The van der Waals surface area contributed by atoms with E-state index in [1.165, 1.54) is 36.4 Å². The third kappa shape index (κ3) is 6.15. The van der Waals surface area contributed by atoms with Crippen LogP contribution in [-0.4, -0.2) is 28.0 Å². The van der Waals surface area contributed by atoms with Crippen LogP contribution in [-0.2, 0) is 20.1 Å². The summed E-state index contributed by atoms with van der Waals surface area (Å²) in [6, 6.07) is 14.8. The zero-order chi connectivity index (χ0) is 24.2. The largest absolute Gasteiger partial charge is 0.378 e. The maximum atomic E-state index is 12.6. The minimum Gasteiger partial charge on any atom is -0.378 e. The van der Waals surface area contributed by atoms with Crippen molar-refractivity contribution in [1.29, 1.82) is 0 Å². The molecule has 0 saturated heterocycles. The molecule has 10 nitrogen and oxygen atoms in total. The summed E-state index contributed by atoms with van der Waals surface area (Å²) in [5, 5.41) is 14.6. The van der Waals surface area contributed by atoms with E-state index in [0.29, 0.717) is 4.47 Å². The lowest BCUT2D eigenvalue weighted by atomic mass is 10.2. The van der Waals surface area contributed by atoms with Gasteiger partial charge in [0.25, 0.3) is 15.7 Å². The van der Waals surface area contributed by atoms with Crippen LogP contribution in [0.4, 0.5) is 5.69 Å². The molecule has 1 N–H and O–H groups in total. The number of nitro benzene ring substituents is 1. The summed E-state index contributed by atoms with van der Waals surface area (Å²) in [6.07, 6.45) is 1.08. The molecule has 3 rings (SSSR count). The van der Waals surface area contributed by atoms with E-state index >= 15 is 0 Å². The van der Waals surface area contributed by atoms with Crippen molar-refractivity contribution in [2.24, 2.45) is 5.10 Å². The van der Waals surface area contributed by atoms with Gasteiger partial charge in [0.05, 0.1) is 16.0 Å². The number of nitro groups is 1. The highest BCUT2D eigenvalue weighted by atomic mass is 79.9. The van der Waals surface area contributed by atoms with Crippen LogP contribution in [0.3, 0.4) is 0 Å². The Morgan fingerprint density at radius 3 is 2.36 bits per heavy atom. The highest BCUT2D eigenvalue weighted by Crippen LogP contribution is 2.26. The molecule has 0 fully saturated rings. The van der Waals surface area contributed by atoms with Crippen molar-refractivity contribution in [3.8, 4) is 5.75 Å². The first-order chi connectivity index (χ1) is 15.5. The van der Waals surface area contributed by atoms with Crippen molar-refractivity contribution < 1.29 is 25.9 Å². The van der Waals surface area contributed by atoms with E-state index in [-0.39, 0.29) is 16.2 Å². The lowest BCUT2D eigenvalue weighted by molar-refractivity contribution is -0.385. The van der Waals surface area contributed by atoms with Crippen LogP contribution in [0.25, 0.3) is 0 Å². The Balaban J connectivity index is 1.87. The van der Waals surface area contributed by atoms with E-state index < -0.39 is 35.6 Å². The molecule has 0 aliphatic heterocycles. The highest BCUT2D eigenvalue weighted by Gasteiger charge is 2.21. The number of rotatable bonds is 8. The van der Waals surface area contributed by atoms with Gasteiger partial charge >= 0.3 is 10.1 Å². The molecule has 0 amide bonds. The second-order valence-corrected chi connectivity index (χ2v) is 10.8. The Kier molecular flexibility index (Phi) is 7.15. The Bertz CT molecular complexity index is 1440. The number of halogens is 1. The van der Waals surface area contributed by atoms with Crippen molar-refractivity contribution in [3.05, 3.63) is 92.4 Å². The molecule has 0 bridgehead atoms. The van der Waals surface area contributed by atoms with Crippen LogP contribution < -0.4 is 9.01 Å². The predicted octanol–water partition coefficient (Wildman–Crippen LogP) is 3.75. The first-order valence-corrected chi connectivity index (χ1v) is 12.8. The first-order valence-electron chi connectivity index (χ1n) is 9.08. The molecule has 0 aliphatic carbocycles. The van der Waals surface area contributed by atoms with Crippen LogP contribution in [0.5, 0.6) is 5.75 Å². The van der Waals surface area contributed by atoms with E-state index in [2.05, 4.69) is 25.9 Å². The Morgan fingerprint density at radius 1 is 1.00 bits per heavy atom. The number of aryl methyl sites for hydroxylation is 1. The number of hydrazone groups is 1. The fraction of sp³-hybridized carbons (Fsp3) is 0.0500. The first kappa shape index (κ1) is 24.4. The molecular formula is C20H16BrN3O7S2. The van der Waals surface area contributed by atoms with E-state index in [1.54, 1.807) is 12.1 Å². The number of hydrogen-bond donors (Lipinski definition) is 1. The predicted molar refractivity (Wildman–Crippen MR) is 124 cm³/mol. The summed E-state index contributed by atoms with van der Waals surface area (Å²) < 4.78 is 55.7. The average Bonchev–Trinajstić information content (AvgIpc) is 2.76. The molecule has 0 spiro atoms.